The van der Waals surface area contributed by atoms with E-state index in [0.29, 0.717) is 10.7 Å². The van der Waals surface area contributed by atoms with Gasteiger partial charge >= 0.3 is 6.03 Å². The van der Waals surface area contributed by atoms with E-state index in [-0.39, 0.29) is 5.70 Å². The predicted molar refractivity (Wildman–Crippen MR) is 96.2 cm³/mol. The van der Waals surface area contributed by atoms with E-state index in [2.05, 4.69) is 5.32 Å². The van der Waals surface area contributed by atoms with Gasteiger partial charge in [-0.2, -0.15) is 0 Å². The molecular formula is C18H16ClN3O2. The maximum atomic E-state index is 12.5. The van der Waals surface area contributed by atoms with Crippen LogP contribution < -0.4 is 15.1 Å². The van der Waals surface area contributed by atoms with Crippen molar-refractivity contribution in [3.05, 3.63) is 64.8 Å². The minimum Gasteiger partial charge on any atom is -0.378 e. The molecule has 0 aromatic heterocycles. The highest BCUT2D eigenvalue weighted by atomic mass is 35.5. The van der Waals surface area contributed by atoms with Gasteiger partial charge in [-0.1, -0.05) is 29.8 Å². The number of amides is 3. The van der Waals surface area contributed by atoms with Crippen LogP contribution in [0.1, 0.15) is 5.56 Å². The molecule has 0 spiro atoms. The zero-order valence-corrected chi connectivity index (χ0v) is 14.0. The summed E-state index contributed by atoms with van der Waals surface area (Å²) >= 11 is 5.94. The number of carbonyl (C=O) groups is 2. The molecule has 5 nitrogen and oxygen atoms in total. The average Bonchev–Trinajstić information content (AvgIpc) is 2.82. The lowest BCUT2D eigenvalue weighted by molar-refractivity contribution is -0.113. The molecule has 0 unspecified atom stereocenters. The Morgan fingerprint density at radius 3 is 2.42 bits per heavy atom. The van der Waals surface area contributed by atoms with Gasteiger partial charge in [0.2, 0.25) is 0 Å². The third kappa shape index (κ3) is 3.12. The van der Waals surface area contributed by atoms with Crippen LogP contribution in [-0.4, -0.2) is 26.0 Å². The van der Waals surface area contributed by atoms with Gasteiger partial charge in [-0.15, -0.1) is 0 Å². The lowest BCUT2D eigenvalue weighted by Crippen LogP contribution is -2.30. The van der Waals surface area contributed by atoms with Crippen LogP contribution in [0.2, 0.25) is 5.02 Å². The van der Waals surface area contributed by atoms with E-state index in [0.717, 1.165) is 16.2 Å². The molecule has 0 atom stereocenters. The quantitative estimate of drug-likeness (QED) is 0.686. The van der Waals surface area contributed by atoms with E-state index in [1.54, 1.807) is 30.3 Å². The number of imide groups is 1. The lowest BCUT2D eigenvalue weighted by atomic mass is 10.1. The molecular weight excluding hydrogens is 326 g/mol. The molecule has 1 aliphatic heterocycles. The summed E-state index contributed by atoms with van der Waals surface area (Å²) in [5.41, 5.74) is 2.56. The first-order chi connectivity index (χ1) is 11.5. The molecule has 0 aliphatic carbocycles. The van der Waals surface area contributed by atoms with Crippen molar-refractivity contribution in [2.45, 2.75) is 0 Å². The molecule has 24 heavy (non-hydrogen) atoms. The Balaban J connectivity index is 1.88. The van der Waals surface area contributed by atoms with E-state index in [4.69, 9.17) is 11.6 Å². The number of halogens is 1. The number of rotatable bonds is 3. The molecule has 2 aromatic carbocycles. The summed E-state index contributed by atoms with van der Waals surface area (Å²) in [4.78, 5) is 27.7. The normalized spacial score (nSPS) is 15.8. The van der Waals surface area contributed by atoms with E-state index < -0.39 is 11.9 Å². The van der Waals surface area contributed by atoms with Crippen LogP contribution in [0.5, 0.6) is 0 Å². The van der Waals surface area contributed by atoms with Crippen LogP contribution in [0, 0.1) is 0 Å². The van der Waals surface area contributed by atoms with Gasteiger partial charge in [0.05, 0.1) is 5.69 Å². The number of carbonyl (C=O) groups excluding carboxylic acids is 2. The van der Waals surface area contributed by atoms with Crippen molar-refractivity contribution in [3.63, 3.8) is 0 Å². The van der Waals surface area contributed by atoms with Crippen molar-refractivity contribution in [2.24, 2.45) is 0 Å². The monoisotopic (exact) mass is 341 g/mol. The Bertz CT molecular complexity index is 828. The Kier molecular flexibility index (Phi) is 4.27. The maximum Gasteiger partial charge on any atom is 0.333 e. The Morgan fingerprint density at radius 2 is 1.79 bits per heavy atom. The molecule has 3 rings (SSSR count). The summed E-state index contributed by atoms with van der Waals surface area (Å²) < 4.78 is 0. The fourth-order valence-electron chi connectivity index (χ4n) is 2.42. The Hall–Kier alpha value is -2.79. The molecule has 122 valence electrons. The number of nitrogens with zero attached hydrogens (tertiary/aromatic N) is 2. The molecule has 2 aromatic rings. The van der Waals surface area contributed by atoms with Gasteiger partial charge in [0.25, 0.3) is 5.91 Å². The molecule has 1 heterocycles. The van der Waals surface area contributed by atoms with Gasteiger partial charge in [-0.3, -0.25) is 4.79 Å². The molecule has 1 saturated heterocycles. The van der Waals surface area contributed by atoms with Crippen molar-refractivity contribution in [1.29, 1.82) is 0 Å². The molecule has 3 amide bonds. The molecule has 1 N–H and O–H groups in total. The van der Waals surface area contributed by atoms with Gasteiger partial charge in [-0.25, -0.2) is 9.69 Å². The molecule has 0 bridgehead atoms. The highest BCUT2D eigenvalue weighted by molar-refractivity contribution is 6.32. The minimum atomic E-state index is -0.488. The zero-order chi connectivity index (χ0) is 17.3. The van der Waals surface area contributed by atoms with Crippen LogP contribution in [0.4, 0.5) is 16.2 Å². The van der Waals surface area contributed by atoms with Crippen molar-refractivity contribution >= 4 is 41.0 Å². The fraction of sp³-hybridized carbons (Fsp3) is 0.111. The smallest absolute Gasteiger partial charge is 0.333 e. The third-order valence-corrected chi connectivity index (χ3v) is 3.90. The number of hydrogen-bond acceptors (Lipinski definition) is 3. The average molecular weight is 342 g/mol. The van der Waals surface area contributed by atoms with Crippen molar-refractivity contribution in [3.8, 4) is 0 Å². The molecule has 0 radical (unpaired) electrons. The summed E-state index contributed by atoms with van der Waals surface area (Å²) in [5, 5.41) is 3.07. The first-order valence-corrected chi connectivity index (χ1v) is 7.73. The van der Waals surface area contributed by atoms with E-state index in [1.807, 2.05) is 43.3 Å². The van der Waals surface area contributed by atoms with Gasteiger partial charge in [0.1, 0.15) is 5.70 Å². The largest absolute Gasteiger partial charge is 0.378 e. The Morgan fingerprint density at radius 1 is 1.08 bits per heavy atom. The van der Waals surface area contributed by atoms with Crippen LogP contribution >= 0.6 is 11.6 Å². The maximum absolute atomic E-state index is 12.5. The second kappa shape index (κ2) is 6.37. The summed E-state index contributed by atoms with van der Waals surface area (Å²) in [6.07, 6.45) is 1.66. The zero-order valence-electron chi connectivity index (χ0n) is 13.3. The first kappa shape index (κ1) is 16.1. The molecule has 1 fully saturated rings. The van der Waals surface area contributed by atoms with Gasteiger partial charge in [0.15, 0.2) is 0 Å². The highest BCUT2D eigenvalue weighted by Crippen LogP contribution is 2.25. The number of benzene rings is 2. The van der Waals surface area contributed by atoms with Crippen molar-refractivity contribution < 1.29 is 9.59 Å². The summed E-state index contributed by atoms with van der Waals surface area (Å²) in [6.45, 7) is 0. The van der Waals surface area contributed by atoms with Crippen molar-refractivity contribution in [2.75, 3.05) is 23.9 Å². The summed E-state index contributed by atoms with van der Waals surface area (Å²) in [5.74, 6) is -0.404. The van der Waals surface area contributed by atoms with Crippen LogP contribution in [0.3, 0.4) is 0 Å². The Labute approximate surface area is 145 Å². The number of nitrogens with one attached hydrogen (secondary N) is 1. The van der Waals surface area contributed by atoms with Gasteiger partial charge in [-0.05, 0) is 42.0 Å². The topological polar surface area (TPSA) is 52.7 Å². The number of anilines is 2. The standard InChI is InChI=1S/C18H16ClN3O2/c1-21(2)14-8-6-12(7-9-14)10-16-17(23)22(18(24)20-16)15-5-3-4-13(19)11-15/h3-11H,1-2H3,(H,20,24). The van der Waals surface area contributed by atoms with Crippen LogP contribution in [0.15, 0.2) is 54.2 Å². The first-order valence-electron chi connectivity index (χ1n) is 7.36. The SMILES string of the molecule is CN(C)c1ccc(C=C2NC(=O)N(c3cccc(Cl)c3)C2=O)cc1. The third-order valence-electron chi connectivity index (χ3n) is 3.67. The second-order valence-electron chi connectivity index (χ2n) is 5.59. The van der Waals surface area contributed by atoms with E-state index in [9.17, 15) is 9.59 Å². The number of hydrogen-bond donors (Lipinski definition) is 1. The van der Waals surface area contributed by atoms with Crippen molar-refractivity contribution in [1.82, 2.24) is 5.32 Å². The van der Waals surface area contributed by atoms with E-state index >= 15 is 0 Å². The number of urea groups is 1. The van der Waals surface area contributed by atoms with E-state index in [1.165, 1.54) is 0 Å². The molecule has 0 saturated carbocycles. The lowest BCUT2D eigenvalue weighted by Gasteiger charge is -2.12. The fourth-order valence-corrected chi connectivity index (χ4v) is 2.60. The molecule has 6 heteroatoms. The second-order valence-corrected chi connectivity index (χ2v) is 6.03. The predicted octanol–water partition coefficient (Wildman–Crippen LogP) is 3.50. The summed E-state index contributed by atoms with van der Waals surface area (Å²) in [6, 6.07) is 13.8. The minimum absolute atomic E-state index is 0.234. The van der Waals surface area contributed by atoms with Crippen LogP contribution in [0.25, 0.3) is 6.08 Å². The highest BCUT2D eigenvalue weighted by Gasteiger charge is 2.34. The van der Waals surface area contributed by atoms with Gasteiger partial charge < -0.3 is 10.2 Å². The molecule has 1 aliphatic rings. The van der Waals surface area contributed by atoms with Gasteiger partial charge in [0, 0.05) is 24.8 Å². The summed E-state index contributed by atoms with van der Waals surface area (Å²) in [7, 11) is 3.91. The van der Waals surface area contributed by atoms with Crippen LogP contribution in [-0.2, 0) is 4.79 Å².